The van der Waals surface area contributed by atoms with Crippen LogP contribution in [-0.4, -0.2) is 17.6 Å². The minimum atomic E-state index is -1.81. The van der Waals surface area contributed by atoms with Gasteiger partial charge in [0.1, 0.15) is 19.4 Å². The number of hydrogen-bond donors (Lipinski definition) is 0. The van der Waals surface area contributed by atoms with Crippen LogP contribution < -0.4 is 5.32 Å². The molecule has 2 heterocycles. The summed E-state index contributed by atoms with van der Waals surface area (Å²) in [5.41, 5.74) is 6.29. The number of hydrogen-bond acceptors (Lipinski definition) is 1. The van der Waals surface area contributed by atoms with E-state index in [1.807, 2.05) is 0 Å². The molecular formula is C33H32N2Si. The van der Waals surface area contributed by atoms with Crippen molar-refractivity contribution in [3.8, 4) is 0 Å². The first-order chi connectivity index (χ1) is 17.7. The topological polar surface area (TPSA) is 17.8 Å². The first-order valence-electron chi connectivity index (χ1n) is 13.0. The molecule has 4 aromatic carbocycles. The predicted octanol–water partition coefficient (Wildman–Crippen LogP) is 6.58. The molecule has 0 radical (unpaired) electrons. The van der Waals surface area contributed by atoms with Crippen molar-refractivity contribution in [2.75, 3.05) is 0 Å². The molecular weight excluding hydrogens is 452 g/mol. The lowest BCUT2D eigenvalue weighted by atomic mass is 9.76. The Morgan fingerprint density at radius 3 is 1.50 bits per heavy atom. The molecule has 1 aliphatic heterocycles. The zero-order valence-electron chi connectivity index (χ0n) is 21.1. The zero-order valence-corrected chi connectivity index (χ0v) is 22.1. The number of fused-ring (bicyclic) bond motifs is 1. The van der Waals surface area contributed by atoms with Crippen LogP contribution in [0.15, 0.2) is 121 Å². The predicted molar refractivity (Wildman–Crippen MR) is 151 cm³/mol. The van der Waals surface area contributed by atoms with E-state index in [4.69, 9.17) is 4.98 Å². The van der Waals surface area contributed by atoms with E-state index in [1.54, 1.807) is 0 Å². The molecule has 3 heteroatoms. The highest BCUT2D eigenvalue weighted by atomic mass is 28.3. The summed E-state index contributed by atoms with van der Waals surface area (Å²) in [5, 5.41) is 1.34. The maximum atomic E-state index is 5.39. The summed E-state index contributed by atoms with van der Waals surface area (Å²) in [5.74, 6) is 1.07. The number of nitrogens with zero attached hydrogens (tertiary/aromatic N) is 2. The molecule has 5 aromatic rings. The van der Waals surface area contributed by atoms with E-state index in [1.165, 1.54) is 51.3 Å². The standard InChI is InChI=1S/C33H32N2Si/c1-3-36(24-27-15-13-14-16-28(27)25-36)32-23-35(26(2)34-32)33(29-17-7-4-8-18-29,30-19-9-5-10-20-30)31-21-11-6-12-22-31/h4-23H,3,24-25H2,1-2H3. The monoisotopic (exact) mass is 484 g/mol. The molecule has 0 N–H and O–H groups in total. The fraction of sp³-hybridized carbons (Fsp3) is 0.182. The Hall–Kier alpha value is -3.69. The molecule has 0 unspecified atom stereocenters. The van der Waals surface area contributed by atoms with Crippen molar-refractivity contribution < 1.29 is 0 Å². The number of aromatic nitrogens is 2. The van der Waals surface area contributed by atoms with Crippen LogP contribution in [0.4, 0.5) is 0 Å². The lowest BCUT2D eigenvalue weighted by Gasteiger charge is -2.38. The first kappa shape index (κ1) is 22.8. The molecule has 0 aliphatic carbocycles. The SMILES string of the molecule is CC[Si]1(c2cn(C(c3ccccc3)(c3ccccc3)c3ccccc3)c(C)n2)Cc2ccccc2C1. The largest absolute Gasteiger partial charge is 0.317 e. The summed E-state index contributed by atoms with van der Waals surface area (Å²) in [6.45, 7) is 4.57. The maximum absolute atomic E-state index is 5.39. The second-order valence-electron chi connectivity index (χ2n) is 10.1. The number of rotatable bonds is 6. The van der Waals surface area contributed by atoms with Crippen molar-refractivity contribution in [3.05, 3.63) is 155 Å². The van der Waals surface area contributed by atoms with Crippen LogP contribution in [0, 0.1) is 6.92 Å². The number of imidazole rings is 1. The molecule has 1 aromatic heterocycles. The van der Waals surface area contributed by atoms with Gasteiger partial charge in [0.15, 0.2) is 0 Å². The summed E-state index contributed by atoms with van der Waals surface area (Å²) >= 11 is 0. The van der Waals surface area contributed by atoms with Crippen LogP contribution in [0.25, 0.3) is 0 Å². The third kappa shape index (κ3) is 3.49. The molecule has 0 bridgehead atoms. The third-order valence-corrected chi connectivity index (χ3v) is 13.0. The van der Waals surface area contributed by atoms with E-state index >= 15 is 0 Å². The summed E-state index contributed by atoms with van der Waals surface area (Å²) in [4.78, 5) is 5.39. The van der Waals surface area contributed by atoms with E-state index in [0.717, 1.165) is 5.82 Å². The van der Waals surface area contributed by atoms with Gasteiger partial charge < -0.3 is 4.57 Å². The van der Waals surface area contributed by atoms with Crippen molar-refractivity contribution in [3.63, 3.8) is 0 Å². The fourth-order valence-corrected chi connectivity index (χ4v) is 10.6. The molecule has 2 nitrogen and oxygen atoms in total. The third-order valence-electron chi connectivity index (χ3n) is 8.21. The molecule has 178 valence electrons. The van der Waals surface area contributed by atoms with Crippen molar-refractivity contribution in [2.45, 2.75) is 37.5 Å². The van der Waals surface area contributed by atoms with Crippen LogP contribution >= 0.6 is 0 Å². The summed E-state index contributed by atoms with van der Waals surface area (Å²) in [6.07, 6.45) is 2.42. The van der Waals surface area contributed by atoms with Gasteiger partial charge in [-0.15, -0.1) is 0 Å². The quantitative estimate of drug-likeness (QED) is 0.196. The molecule has 0 amide bonds. The fourth-order valence-electron chi connectivity index (χ4n) is 6.33. The van der Waals surface area contributed by atoms with Crippen molar-refractivity contribution in [1.29, 1.82) is 0 Å². The highest BCUT2D eigenvalue weighted by molar-refractivity contribution is 6.91. The number of benzene rings is 4. The second-order valence-corrected chi connectivity index (χ2v) is 14.6. The van der Waals surface area contributed by atoms with Crippen LogP contribution in [-0.2, 0) is 17.6 Å². The van der Waals surface area contributed by atoms with Gasteiger partial charge in [-0.3, -0.25) is 0 Å². The zero-order chi connectivity index (χ0) is 24.6. The van der Waals surface area contributed by atoms with Crippen molar-refractivity contribution in [1.82, 2.24) is 9.55 Å². The first-order valence-corrected chi connectivity index (χ1v) is 15.6. The Morgan fingerprint density at radius 2 is 1.08 bits per heavy atom. The second kappa shape index (κ2) is 9.07. The minimum Gasteiger partial charge on any atom is -0.317 e. The Morgan fingerprint density at radius 1 is 0.667 bits per heavy atom. The molecule has 0 fully saturated rings. The van der Waals surface area contributed by atoms with Gasteiger partial charge in [-0.05, 0) is 46.8 Å². The lowest BCUT2D eigenvalue weighted by molar-refractivity contribution is 0.502. The molecule has 6 rings (SSSR count). The Bertz CT molecular complexity index is 1350. The van der Waals surface area contributed by atoms with Crippen LogP contribution in [0.5, 0.6) is 0 Å². The van der Waals surface area contributed by atoms with E-state index in [-0.39, 0.29) is 0 Å². The number of aryl methyl sites for hydroxylation is 1. The molecule has 0 spiro atoms. The van der Waals surface area contributed by atoms with Crippen molar-refractivity contribution >= 4 is 13.4 Å². The van der Waals surface area contributed by atoms with Gasteiger partial charge in [-0.25, -0.2) is 4.98 Å². The molecule has 0 atom stereocenters. The molecule has 36 heavy (non-hydrogen) atoms. The highest BCUT2D eigenvalue weighted by Gasteiger charge is 2.45. The normalized spacial score (nSPS) is 14.5. The van der Waals surface area contributed by atoms with Crippen LogP contribution in [0.1, 0.15) is 40.6 Å². The average molecular weight is 485 g/mol. The van der Waals surface area contributed by atoms with E-state index in [0.29, 0.717) is 0 Å². The molecule has 0 saturated heterocycles. The van der Waals surface area contributed by atoms with E-state index in [2.05, 4.69) is 140 Å². The van der Waals surface area contributed by atoms with Crippen LogP contribution in [0.2, 0.25) is 6.04 Å². The van der Waals surface area contributed by atoms with Gasteiger partial charge in [-0.1, -0.05) is 128 Å². The Kier molecular flexibility index (Phi) is 5.73. The molecule has 1 aliphatic rings. The summed E-state index contributed by atoms with van der Waals surface area (Å²) < 4.78 is 2.47. The maximum Gasteiger partial charge on any atom is 0.121 e. The average Bonchev–Trinajstić information content (AvgIpc) is 3.53. The van der Waals surface area contributed by atoms with Crippen molar-refractivity contribution in [2.24, 2.45) is 0 Å². The van der Waals surface area contributed by atoms with Gasteiger partial charge in [0, 0.05) is 11.5 Å². The smallest absolute Gasteiger partial charge is 0.121 e. The molecule has 0 saturated carbocycles. The summed E-state index contributed by atoms with van der Waals surface area (Å²) in [7, 11) is -1.81. The van der Waals surface area contributed by atoms with Gasteiger partial charge in [-0.2, -0.15) is 0 Å². The Labute approximate surface area is 215 Å². The minimum absolute atomic E-state index is 0.506. The van der Waals surface area contributed by atoms with Gasteiger partial charge >= 0.3 is 0 Å². The summed E-state index contributed by atoms with van der Waals surface area (Å²) in [6, 6.07) is 45.4. The van der Waals surface area contributed by atoms with Gasteiger partial charge in [0.2, 0.25) is 0 Å². The van der Waals surface area contributed by atoms with E-state index < -0.39 is 13.6 Å². The van der Waals surface area contributed by atoms with Gasteiger partial charge in [0.05, 0.1) is 0 Å². The highest BCUT2D eigenvalue weighted by Crippen LogP contribution is 2.42. The Balaban J connectivity index is 1.62. The van der Waals surface area contributed by atoms with E-state index in [9.17, 15) is 0 Å². The lowest BCUT2D eigenvalue weighted by Crippen LogP contribution is -2.50. The van der Waals surface area contributed by atoms with Gasteiger partial charge in [0.25, 0.3) is 0 Å². The van der Waals surface area contributed by atoms with Crippen LogP contribution in [0.3, 0.4) is 0 Å².